The van der Waals surface area contributed by atoms with E-state index in [4.69, 9.17) is 0 Å². The van der Waals surface area contributed by atoms with E-state index in [9.17, 15) is 20.0 Å². The summed E-state index contributed by atoms with van der Waals surface area (Å²) in [7, 11) is 0. The molecule has 2 rings (SSSR count). The van der Waals surface area contributed by atoms with Crippen LogP contribution in [0.25, 0.3) is 0 Å². The first-order chi connectivity index (χ1) is 11.4. The molecule has 1 aromatic carbocycles. The van der Waals surface area contributed by atoms with Crippen molar-refractivity contribution in [2.24, 2.45) is 5.92 Å². The maximum atomic E-state index is 12.2. The van der Waals surface area contributed by atoms with Crippen molar-refractivity contribution in [3.05, 3.63) is 39.4 Å². The first-order valence-electron chi connectivity index (χ1n) is 8.35. The van der Waals surface area contributed by atoms with Gasteiger partial charge in [-0.2, -0.15) is 0 Å². The van der Waals surface area contributed by atoms with E-state index in [0.29, 0.717) is 11.1 Å². The van der Waals surface area contributed by atoms with E-state index in [0.717, 1.165) is 25.7 Å². The molecule has 1 aliphatic rings. The quantitative estimate of drug-likeness (QED) is 0.568. The molecule has 1 aliphatic carbocycles. The standard InChI is InChI=1S/C17H25N3O4/c1-11-7-8-13(9-16(11)20(23)24)12(2)18-17(22)19-15-6-4-3-5-14(15)10-21/h7-9,12,14-15,21H,3-6,10H2,1-2H3,(H2,18,19,22). The molecule has 0 aliphatic heterocycles. The Labute approximate surface area is 141 Å². The minimum atomic E-state index is -0.417. The predicted molar refractivity (Wildman–Crippen MR) is 90.7 cm³/mol. The van der Waals surface area contributed by atoms with Crippen LogP contribution in [0.2, 0.25) is 0 Å². The smallest absolute Gasteiger partial charge is 0.315 e. The number of urea groups is 1. The molecule has 7 nitrogen and oxygen atoms in total. The number of carbonyl (C=O) groups is 1. The summed E-state index contributed by atoms with van der Waals surface area (Å²) in [4.78, 5) is 22.8. The number of aliphatic hydroxyl groups is 1. The molecule has 2 amide bonds. The molecule has 0 saturated heterocycles. The monoisotopic (exact) mass is 335 g/mol. The fraction of sp³-hybridized carbons (Fsp3) is 0.588. The Hall–Kier alpha value is -2.15. The van der Waals surface area contributed by atoms with Crippen LogP contribution in [-0.4, -0.2) is 28.7 Å². The zero-order chi connectivity index (χ0) is 17.7. The van der Waals surface area contributed by atoms with Crippen molar-refractivity contribution in [1.29, 1.82) is 0 Å². The van der Waals surface area contributed by atoms with E-state index >= 15 is 0 Å². The van der Waals surface area contributed by atoms with Crippen LogP contribution in [-0.2, 0) is 0 Å². The number of rotatable bonds is 5. The van der Waals surface area contributed by atoms with E-state index in [1.807, 2.05) is 0 Å². The lowest BCUT2D eigenvalue weighted by atomic mass is 9.85. The number of benzene rings is 1. The largest absolute Gasteiger partial charge is 0.396 e. The Kier molecular flexibility index (Phi) is 6.14. The van der Waals surface area contributed by atoms with Gasteiger partial charge in [-0.05, 0) is 32.3 Å². The first-order valence-corrected chi connectivity index (χ1v) is 8.35. The topological polar surface area (TPSA) is 104 Å². The second-order valence-electron chi connectivity index (χ2n) is 6.48. The Morgan fingerprint density at radius 1 is 1.42 bits per heavy atom. The highest BCUT2D eigenvalue weighted by Gasteiger charge is 2.26. The summed E-state index contributed by atoms with van der Waals surface area (Å²) in [5.74, 6) is 0.0975. The summed E-state index contributed by atoms with van der Waals surface area (Å²) in [6.45, 7) is 3.55. The number of carbonyl (C=O) groups excluding carboxylic acids is 1. The lowest BCUT2D eigenvalue weighted by molar-refractivity contribution is -0.385. The average molecular weight is 335 g/mol. The zero-order valence-electron chi connectivity index (χ0n) is 14.1. The third-order valence-electron chi connectivity index (χ3n) is 4.74. The molecule has 0 spiro atoms. The summed E-state index contributed by atoms with van der Waals surface area (Å²) in [5, 5.41) is 26.2. The number of aliphatic hydroxyl groups excluding tert-OH is 1. The number of amides is 2. The maximum Gasteiger partial charge on any atom is 0.315 e. The van der Waals surface area contributed by atoms with Gasteiger partial charge >= 0.3 is 6.03 Å². The fourth-order valence-electron chi connectivity index (χ4n) is 3.20. The number of aryl methyl sites for hydroxylation is 1. The van der Waals surface area contributed by atoms with Crippen molar-refractivity contribution in [1.82, 2.24) is 10.6 Å². The second kappa shape index (κ2) is 8.10. The molecule has 0 radical (unpaired) electrons. The van der Waals surface area contributed by atoms with Gasteiger partial charge in [0.25, 0.3) is 5.69 Å². The highest BCUT2D eigenvalue weighted by atomic mass is 16.6. The van der Waals surface area contributed by atoms with Gasteiger partial charge < -0.3 is 15.7 Å². The van der Waals surface area contributed by atoms with Crippen molar-refractivity contribution in [2.75, 3.05) is 6.61 Å². The molecule has 3 unspecified atom stereocenters. The molecule has 132 valence electrons. The molecule has 1 saturated carbocycles. The molecule has 0 bridgehead atoms. The Balaban J connectivity index is 1.98. The van der Waals surface area contributed by atoms with E-state index in [1.165, 1.54) is 6.07 Å². The fourth-order valence-corrected chi connectivity index (χ4v) is 3.20. The van der Waals surface area contributed by atoms with Gasteiger partial charge in [-0.3, -0.25) is 10.1 Å². The van der Waals surface area contributed by atoms with Gasteiger partial charge in [0.1, 0.15) is 0 Å². The highest BCUT2D eigenvalue weighted by molar-refractivity contribution is 5.74. The molecular formula is C17H25N3O4. The summed E-state index contributed by atoms with van der Waals surface area (Å²) >= 11 is 0. The van der Waals surface area contributed by atoms with Gasteiger partial charge in [0, 0.05) is 30.2 Å². The van der Waals surface area contributed by atoms with Crippen molar-refractivity contribution in [3.8, 4) is 0 Å². The Morgan fingerprint density at radius 2 is 2.12 bits per heavy atom. The molecule has 3 atom stereocenters. The number of nitrogens with zero attached hydrogens (tertiary/aromatic N) is 1. The van der Waals surface area contributed by atoms with Gasteiger partial charge in [0.2, 0.25) is 0 Å². The van der Waals surface area contributed by atoms with Crippen LogP contribution in [0, 0.1) is 23.0 Å². The van der Waals surface area contributed by atoms with Crippen LogP contribution in [0.3, 0.4) is 0 Å². The lowest BCUT2D eigenvalue weighted by Crippen LogP contribution is -2.48. The maximum absolute atomic E-state index is 12.2. The van der Waals surface area contributed by atoms with Crippen LogP contribution in [0.5, 0.6) is 0 Å². The number of nitro groups is 1. The van der Waals surface area contributed by atoms with Crippen LogP contribution in [0.1, 0.15) is 49.8 Å². The first kappa shape index (κ1) is 18.2. The van der Waals surface area contributed by atoms with Crippen LogP contribution in [0.4, 0.5) is 10.5 Å². The second-order valence-corrected chi connectivity index (χ2v) is 6.48. The van der Waals surface area contributed by atoms with Crippen LogP contribution in [0.15, 0.2) is 18.2 Å². The van der Waals surface area contributed by atoms with Crippen molar-refractivity contribution in [2.45, 2.75) is 51.6 Å². The van der Waals surface area contributed by atoms with E-state index < -0.39 is 4.92 Å². The van der Waals surface area contributed by atoms with E-state index in [2.05, 4.69) is 10.6 Å². The molecule has 24 heavy (non-hydrogen) atoms. The Bertz CT molecular complexity index is 605. The lowest BCUT2D eigenvalue weighted by Gasteiger charge is -2.31. The molecular weight excluding hydrogens is 310 g/mol. The van der Waals surface area contributed by atoms with Gasteiger partial charge in [-0.25, -0.2) is 4.79 Å². The minimum Gasteiger partial charge on any atom is -0.396 e. The summed E-state index contributed by atoms with van der Waals surface area (Å²) in [6, 6.07) is 4.29. The van der Waals surface area contributed by atoms with E-state index in [1.54, 1.807) is 26.0 Å². The van der Waals surface area contributed by atoms with Crippen molar-refractivity contribution in [3.63, 3.8) is 0 Å². The molecule has 7 heteroatoms. The predicted octanol–water partition coefficient (Wildman–Crippen LogP) is 2.81. The molecule has 0 aromatic heterocycles. The summed E-state index contributed by atoms with van der Waals surface area (Å²) in [5.41, 5.74) is 1.33. The zero-order valence-corrected chi connectivity index (χ0v) is 14.1. The van der Waals surface area contributed by atoms with Crippen molar-refractivity contribution >= 4 is 11.7 Å². The van der Waals surface area contributed by atoms with E-state index in [-0.39, 0.29) is 36.3 Å². The highest BCUT2D eigenvalue weighted by Crippen LogP contribution is 2.25. The van der Waals surface area contributed by atoms with Gasteiger partial charge in [0.05, 0.1) is 11.0 Å². The number of nitro benzene ring substituents is 1. The number of nitrogens with one attached hydrogen (secondary N) is 2. The molecule has 3 N–H and O–H groups in total. The van der Waals surface area contributed by atoms with Gasteiger partial charge in [0.15, 0.2) is 0 Å². The summed E-state index contributed by atoms with van der Waals surface area (Å²) in [6.07, 6.45) is 3.90. The number of hydrogen-bond acceptors (Lipinski definition) is 4. The van der Waals surface area contributed by atoms with Gasteiger partial charge in [-0.1, -0.05) is 25.0 Å². The SMILES string of the molecule is Cc1ccc(C(C)NC(=O)NC2CCCCC2CO)cc1[N+](=O)[O-]. The third-order valence-corrected chi connectivity index (χ3v) is 4.74. The van der Waals surface area contributed by atoms with Gasteiger partial charge in [-0.15, -0.1) is 0 Å². The third kappa shape index (κ3) is 4.44. The van der Waals surface area contributed by atoms with Crippen LogP contribution < -0.4 is 10.6 Å². The number of hydrogen-bond donors (Lipinski definition) is 3. The van der Waals surface area contributed by atoms with Crippen molar-refractivity contribution < 1.29 is 14.8 Å². The molecule has 1 fully saturated rings. The average Bonchev–Trinajstić information content (AvgIpc) is 2.55. The normalized spacial score (nSPS) is 21.8. The molecule has 0 heterocycles. The van der Waals surface area contributed by atoms with Crippen LogP contribution >= 0.6 is 0 Å². The summed E-state index contributed by atoms with van der Waals surface area (Å²) < 4.78 is 0. The minimum absolute atomic E-state index is 0.0247. The Morgan fingerprint density at radius 3 is 2.79 bits per heavy atom. The molecule has 1 aromatic rings.